The zero-order valence-corrected chi connectivity index (χ0v) is 15.1. The summed E-state index contributed by atoms with van der Waals surface area (Å²) >= 11 is 0. The second-order valence-corrected chi connectivity index (χ2v) is 6.18. The van der Waals surface area contributed by atoms with E-state index in [0.29, 0.717) is 37.8 Å². The lowest BCUT2D eigenvalue weighted by atomic mass is 10.1. The molecule has 27 heavy (non-hydrogen) atoms. The van der Waals surface area contributed by atoms with Crippen molar-refractivity contribution in [3.8, 4) is 5.75 Å². The molecule has 1 unspecified atom stereocenters. The molecule has 7 heteroatoms. The molecule has 0 aliphatic rings. The summed E-state index contributed by atoms with van der Waals surface area (Å²) in [5.41, 5.74) is 0.775. The van der Waals surface area contributed by atoms with Gasteiger partial charge < -0.3 is 10.1 Å². The van der Waals surface area contributed by atoms with Crippen LogP contribution in [0.15, 0.2) is 48.5 Å². The normalized spacial score (nSPS) is 11.4. The highest BCUT2D eigenvalue weighted by molar-refractivity contribution is 5.82. The Bertz CT molecular complexity index is 792. The van der Waals surface area contributed by atoms with Crippen LogP contribution in [0.25, 0.3) is 0 Å². The largest absolute Gasteiger partial charge is 0.491 e. The second kappa shape index (κ2) is 10.1. The molecule has 0 aliphatic carbocycles. The van der Waals surface area contributed by atoms with Gasteiger partial charge in [-0.05, 0) is 37.5 Å². The average molecular weight is 370 g/mol. The van der Waals surface area contributed by atoms with Crippen molar-refractivity contribution in [2.24, 2.45) is 0 Å². The molecule has 0 aromatic heterocycles. The molecule has 1 N–H and O–H groups in total. The van der Waals surface area contributed by atoms with Crippen LogP contribution in [0.4, 0.5) is 5.69 Å². The molecule has 142 valence electrons. The molecule has 0 heterocycles. The van der Waals surface area contributed by atoms with Gasteiger partial charge in [-0.3, -0.25) is 19.7 Å². The van der Waals surface area contributed by atoms with Crippen LogP contribution in [0.5, 0.6) is 5.75 Å². The monoisotopic (exact) mass is 370 g/mol. The summed E-state index contributed by atoms with van der Waals surface area (Å²) in [5, 5.41) is 13.7. The molecule has 1 amide bonds. The molecule has 0 fully saturated rings. The van der Waals surface area contributed by atoms with E-state index in [0.717, 1.165) is 5.56 Å². The maximum atomic E-state index is 11.9. The van der Waals surface area contributed by atoms with Crippen molar-refractivity contribution in [1.29, 1.82) is 0 Å². The van der Waals surface area contributed by atoms with Gasteiger partial charge in [-0.15, -0.1) is 0 Å². The SMILES string of the molecule is CC(CCCC(=O)NCc1ccccc1)Oc1ccc([N+](=O)[O-])c(C=O)c1. The number of rotatable bonds is 10. The summed E-state index contributed by atoms with van der Waals surface area (Å²) in [5.74, 6) is 0.369. The first-order valence-corrected chi connectivity index (χ1v) is 8.70. The Morgan fingerprint density at radius 1 is 1.26 bits per heavy atom. The van der Waals surface area contributed by atoms with Crippen LogP contribution in [0.1, 0.15) is 42.1 Å². The Balaban J connectivity index is 1.74. The highest BCUT2D eigenvalue weighted by Gasteiger charge is 2.15. The van der Waals surface area contributed by atoms with E-state index in [9.17, 15) is 19.7 Å². The van der Waals surface area contributed by atoms with E-state index in [4.69, 9.17) is 4.74 Å². The Labute approximate surface area is 157 Å². The van der Waals surface area contributed by atoms with E-state index in [1.165, 1.54) is 18.2 Å². The Morgan fingerprint density at radius 2 is 2.00 bits per heavy atom. The zero-order valence-electron chi connectivity index (χ0n) is 15.1. The first-order valence-electron chi connectivity index (χ1n) is 8.70. The van der Waals surface area contributed by atoms with Gasteiger partial charge in [0.15, 0.2) is 6.29 Å². The van der Waals surface area contributed by atoms with Gasteiger partial charge in [-0.25, -0.2) is 0 Å². The van der Waals surface area contributed by atoms with Crippen LogP contribution in [-0.2, 0) is 11.3 Å². The molecule has 7 nitrogen and oxygen atoms in total. The number of hydrogen-bond acceptors (Lipinski definition) is 5. The van der Waals surface area contributed by atoms with E-state index >= 15 is 0 Å². The molecule has 2 aromatic rings. The van der Waals surface area contributed by atoms with Gasteiger partial charge in [0.05, 0.1) is 16.6 Å². The van der Waals surface area contributed by atoms with Crippen molar-refractivity contribution in [2.45, 2.75) is 38.8 Å². The summed E-state index contributed by atoms with van der Waals surface area (Å²) in [6.45, 7) is 2.35. The smallest absolute Gasteiger partial charge is 0.280 e. The Morgan fingerprint density at radius 3 is 2.67 bits per heavy atom. The predicted octanol–water partition coefficient (Wildman–Crippen LogP) is 3.66. The third kappa shape index (κ3) is 6.54. The number of nitrogens with zero attached hydrogens (tertiary/aromatic N) is 1. The lowest BCUT2D eigenvalue weighted by Gasteiger charge is -2.15. The second-order valence-electron chi connectivity index (χ2n) is 6.18. The highest BCUT2D eigenvalue weighted by Crippen LogP contribution is 2.24. The molecular formula is C20H22N2O5. The molecular weight excluding hydrogens is 348 g/mol. The average Bonchev–Trinajstić information content (AvgIpc) is 2.66. The van der Waals surface area contributed by atoms with E-state index in [-0.39, 0.29) is 23.3 Å². The van der Waals surface area contributed by atoms with Crippen molar-refractivity contribution < 1.29 is 19.2 Å². The van der Waals surface area contributed by atoms with Gasteiger partial charge in [0.2, 0.25) is 5.91 Å². The van der Waals surface area contributed by atoms with Crippen molar-refractivity contribution in [1.82, 2.24) is 5.32 Å². The van der Waals surface area contributed by atoms with E-state index in [1.54, 1.807) is 0 Å². The van der Waals surface area contributed by atoms with Crippen LogP contribution in [-0.4, -0.2) is 23.2 Å². The summed E-state index contributed by atoms with van der Waals surface area (Å²) in [6, 6.07) is 13.8. The quantitative estimate of drug-likeness (QED) is 0.391. The van der Waals surface area contributed by atoms with Crippen LogP contribution >= 0.6 is 0 Å². The number of aldehydes is 1. The van der Waals surface area contributed by atoms with Crippen LogP contribution in [0.3, 0.4) is 0 Å². The number of ether oxygens (including phenoxy) is 1. The van der Waals surface area contributed by atoms with Crippen LogP contribution in [0, 0.1) is 10.1 Å². The maximum absolute atomic E-state index is 11.9. The van der Waals surface area contributed by atoms with Crippen molar-refractivity contribution in [3.63, 3.8) is 0 Å². The molecule has 2 aromatic carbocycles. The molecule has 0 radical (unpaired) electrons. The molecule has 1 atom stereocenters. The van der Waals surface area contributed by atoms with Gasteiger partial charge in [-0.2, -0.15) is 0 Å². The number of nitrogens with one attached hydrogen (secondary N) is 1. The standard InChI is InChI=1S/C20H22N2O5/c1-15(27-18-10-11-19(22(25)26)17(12-18)14-23)6-5-9-20(24)21-13-16-7-3-2-4-8-16/h2-4,7-8,10-12,14-15H,5-6,9,13H2,1H3,(H,21,24). The van der Waals surface area contributed by atoms with E-state index < -0.39 is 4.92 Å². The topological polar surface area (TPSA) is 98.5 Å². The number of nitro groups is 1. The molecule has 0 aliphatic heterocycles. The van der Waals surface area contributed by atoms with Crippen molar-refractivity contribution >= 4 is 17.9 Å². The van der Waals surface area contributed by atoms with Crippen molar-refractivity contribution in [2.75, 3.05) is 0 Å². The van der Waals surface area contributed by atoms with Gasteiger partial charge in [0, 0.05) is 19.0 Å². The number of nitro benzene ring substituents is 1. The number of benzene rings is 2. The summed E-state index contributed by atoms with van der Waals surface area (Å²) in [7, 11) is 0. The van der Waals surface area contributed by atoms with E-state index in [2.05, 4.69) is 5.32 Å². The Hall–Kier alpha value is -3.22. The fraction of sp³-hybridized carbons (Fsp3) is 0.300. The van der Waals surface area contributed by atoms with Gasteiger partial charge in [0.1, 0.15) is 5.75 Å². The molecule has 0 spiro atoms. The fourth-order valence-electron chi connectivity index (χ4n) is 2.59. The fourth-order valence-corrected chi connectivity index (χ4v) is 2.59. The lowest BCUT2D eigenvalue weighted by molar-refractivity contribution is -0.385. The number of carbonyl (C=O) groups is 2. The summed E-state index contributed by atoms with van der Waals surface area (Å²) in [6.07, 6.45) is 1.93. The number of hydrogen-bond donors (Lipinski definition) is 1. The molecule has 0 saturated heterocycles. The predicted molar refractivity (Wildman–Crippen MR) is 101 cm³/mol. The molecule has 2 rings (SSSR count). The van der Waals surface area contributed by atoms with Gasteiger partial charge in [-0.1, -0.05) is 30.3 Å². The first kappa shape index (κ1) is 20.1. The molecule has 0 saturated carbocycles. The summed E-state index contributed by atoms with van der Waals surface area (Å²) < 4.78 is 5.69. The van der Waals surface area contributed by atoms with Crippen molar-refractivity contribution in [3.05, 3.63) is 69.8 Å². The maximum Gasteiger partial charge on any atom is 0.280 e. The number of carbonyl (C=O) groups excluding carboxylic acids is 2. The van der Waals surface area contributed by atoms with Gasteiger partial charge >= 0.3 is 0 Å². The lowest BCUT2D eigenvalue weighted by Crippen LogP contribution is -2.23. The van der Waals surface area contributed by atoms with Gasteiger partial charge in [0.25, 0.3) is 5.69 Å². The Kier molecular flexibility index (Phi) is 7.49. The molecule has 0 bridgehead atoms. The minimum Gasteiger partial charge on any atom is -0.491 e. The zero-order chi connectivity index (χ0) is 19.6. The first-order chi connectivity index (χ1) is 13.0. The minimum atomic E-state index is -0.606. The third-order valence-electron chi connectivity index (χ3n) is 4.01. The van der Waals surface area contributed by atoms with Crippen LogP contribution < -0.4 is 10.1 Å². The van der Waals surface area contributed by atoms with Crippen LogP contribution in [0.2, 0.25) is 0 Å². The third-order valence-corrected chi connectivity index (χ3v) is 4.01. The van der Waals surface area contributed by atoms with E-state index in [1.807, 2.05) is 37.3 Å². The highest BCUT2D eigenvalue weighted by atomic mass is 16.6. The number of amides is 1. The minimum absolute atomic E-state index is 0.0232. The summed E-state index contributed by atoms with van der Waals surface area (Å²) in [4.78, 5) is 33.1.